The number of aromatic nitrogens is 1. The summed E-state index contributed by atoms with van der Waals surface area (Å²) >= 11 is 0. The third-order valence-electron chi connectivity index (χ3n) is 13.6. The molecule has 0 saturated heterocycles. The molecule has 0 spiro atoms. The van der Waals surface area contributed by atoms with Crippen LogP contribution in [0.5, 0.6) is 0 Å². The number of hydrogen-bond acceptors (Lipinski definition) is 2. The Balaban J connectivity index is 1.05. The maximum absolute atomic E-state index is 6.32. The number of nitrogens with zero attached hydrogens (tertiary/aromatic N) is 1. The van der Waals surface area contributed by atoms with Crippen LogP contribution in [0, 0.1) is 0 Å². The number of benzene rings is 10. The monoisotopic (exact) mass is 813 g/mol. The van der Waals surface area contributed by atoms with Crippen LogP contribution in [-0.4, -0.2) is 11.3 Å². The van der Waals surface area contributed by atoms with E-state index in [4.69, 9.17) is 8.83 Å². The molecular formula is C60H36BNO2. The van der Waals surface area contributed by atoms with Crippen molar-refractivity contribution in [1.29, 1.82) is 0 Å². The lowest BCUT2D eigenvalue weighted by atomic mass is 9.38. The zero-order valence-corrected chi connectivity index (χ0v) is 34.6. The summed E-state index contributed by atoms with van der Waals surface area (Å²) in [4.78, 5) is 0. The molecule has 296 valence electrons. The Morgan fingerprint density at radius 1 is 0.297 bits per heavy atom. The van der Waals surface area contributed by atoms with Crippen molar-refractivity contribution in [3.8, 4) is 50.2 Å². The van der Waals surface area contributed by atoms with Crippen LogP contribution in [0.25, 0.3) is 116 Å². The van der Waals surface area contributed by atoms with Gasteiger partial charge in [0.15, 0.2) is 0 Å². The van der Waals surface area contributed by atoms with Gasteiger partial charge >= 0.3 is 0 Å². The molecule has 1 aliphatic rings. The minimum absolute atomic E-state index is 0.0707. The molecule has 13 aromatic rings. The van der Waals surface area contributed by atoms with Crippen molar-refractivity contribution in [3.63, 3.8) is 0 Å². The molecule has 0 unspecified atom stereocenters. The summed E-state index contributed by atoms with van der Waals surface area (Å²) in [5.41, 5.74) is 20.5. The number of rotatable bonds is 5. The van der Waals surface area contributed by atoms with Crippen LogP contribution in [-0.2, 0) is 0 Å². The normalized spacial score (nSPS) is 12.3. The van der Waals surface area contributed by atoms with Gasteiger partial charge in [-0.05, 0) is 117 Å². The van der Waals surface area contributed by atoms with Gasteiger partial charge in [0.1, 0.15) is 22.3 Å². The number of para-hydroxylation sites is 4. The van der Waals surface area contributed by atoms with Gasteiger partial charge in [-0.3, -0.25) is 0 Å². The second kappa shape index (κ2) is 13.6. The van der Waals surface area contributed by atoms with Gasteiger partial charge in [-0.25, -0.2) is 0 Å². The van der Waals surface area contributed by atoms with E-state index in [1.54, 1.807) is 0 Å². The van der Waals surface area contributed by atoms with Crippen LogP contribution >= 0.6 is 0 Å². The van der Waals surface area contributed by atoms with Crippen molar-refractivity contribution in [1.82, 2.24) is 4.57 Å². The van der Waals surface area contributed by atoms with Crippen LogP contribution in [0.2, 0.25) is 0 Å². The molecule has 64 heavy (non-hydrogen) atoms. The minimum atomic E-state index is 0.0707. The Labute approximate surface area is 369 Å². The summed E-state index contributed by atoms with van der Waals surface area (Å²) in [7, 11) is 0. The zero-order valence-electron chi connectivity index (χ0n) is 34.6. The second-order valence-electron chi connectivity index (χ2n) is 17.2. The molecule has 4 heteroatoms. The Hall–Kier alpha value is -8.34. The van der Waals surface area contributed by atoms with Crippen molar-refractivity contribution >= 4 is 88.8 Å². The summed E-state index contributed by atoms with van der Waals surface area (Å²) in [5, 5.41) is 6.95. The average Bonchev–Trinajstić information content (AvgIpc) is 4.11. The van der Waals surface area contributed by atoms with E-state index < -0.39 is 0 Å². The molecule has 0 radical (unpaired) electrons. The third-order valence-corrected chi connectivity index (χ3v) is 13.6. The molecule has 0 atom stereocenters. The Morgan fingerprint density at radius 3 is 1.25 bits per heavy atom. The molecule has 0 aliphatic carbocycles. The molecule has 0 amide bonds. The lowest BCUT2D eigenvalue weighted by Crippen LogP contribution is -2.48. The molecule has 0 saturated carbocycles. The number of furan rings is 2. The first-order chi connectivity index (χ1) is 31.7. The summed E-state index contributed by atoms with van der Waals surface area (Å²) < 4.78 is 15.1. The van der Waals surface area contributed by atoms with E-state index in [-0.39, 0.29) is 6.71 Å². The first kappa shape index (κ1) is 35.3. The molecule has 3 nitrogen and oxygen atoms in total. The Kier molecular flexibility index (Phi) is 7.49. The molecule has 0 N–H and O–H groups in total. The average molecular weight is 814 g/mol. The van der Waals surface area contributed by atoms with Crippen LogP contribution in [0.1, 0.15) is 0 Å². The van der Waals surface area contributed by atoms with E-state index in [0.717, 1.165) is 82.9 Å². The third kappa shape index (κ3) is 5.29. The topological polar surface area (TPSA) is 31.2 Å². The minimum Gasteiger partial charge on any atom is -0.456 e. The van der Waals surface area contributed by atoms with Crippen LogP contribution in [0.4, 0.5) is 0 Å². The fourth-order valence-electron chi connectivity index (χ4n) is 10.8. The van der Waals surface area contributed by atoms with Crippen molar-refractivity contribution < 1.29 is 8.83 Å². The standard InChI is InChI=1S/C60H36BNO2/c1-7-19-53-45(13-1)46-14-2-8-20-54(46)61(53)43-31-39(37-25-27-59-51(35-37)49-17-5-11-23-57(49)63-59)29-40(32-43)42-30-41(38-26-28-60-52(36-38)50-18-6-12-24-58(50)64-60)33-44(34-42)62-55-21-9-3-15-47(55)48-16-4-10-22-56(48)62/h1-36H. The maximum Gasteiger partial charge on any atom is 0.242 e. The highest BCUT2D eigenvalue weighted by Gasteiger charge is 2.33. The first-order valence-corrected chi connectivity index (χ1v) is 22.0. The summed E-state index contributed by atoms with van der Waals surface area (Å²) in [6, 6.07) is 79.8. The lowest BCUT2D eigenvalue weighted by molar-refractivity contribution is 0.668. The highest BCUT2D eigenvalue weighted by Crippen LogP contribution is 2.40. The lowest BCUT2D eigenvalue weighted by Gasteiger charge is -2.18. The van der Waals surface area contributed by atoms with Crippen LogP contribution in [0.15, 0.2) is 227 Å². The van der Waals surface area contributed by atoms with Gasteiger partial charge in [-0.2, -0.15) is 0 Å². The molecule has 1 aliphatic heterocycles. The summed E-state index contributed by atoms with van der Waals surface area (Å²) in [6.45, 7) is 0.0707. The molecule has 0 bridgehead atoms. The largest absolute Gasteiger partial charge is 0.456 e. The Bertz CT molecular complexity index is 3950. The highest BCUT2D eigenvalue weighted by atomic mass is 16.3. The van der Waals surface area contributed by atoms with Crippen LogP contribution < -0.4 is 16.4 Å². The van der Waals surface area contributed by atoms with Crippen molar-refractivity contribution in [3.05, 3.63) is 218 Å². The molecule has 4 heterocycles. The second-order valence-corrected chi connectivity index (χ2v) is 17.2. The smallest absolute Gasteiger partial charge is 0.242 e. The zero-order chi connectivity index (χ0) is 41.9. The molecule has 0 fully saturated rings. The number of fused-ring (bicyclic) bond motifs is 12. The summed E-state index contributed by atoms with van der Waals surface area (Å²) in [6.07, 6.45) is 0. The van der Waals surface area contributed by atoms with Gasteiger partial charge in [0.05, 0.1) is 11.0 Å². The van der Waals surface area contributed by atoms with E-state index in [0.29, 0.717) is 0 Å². The van der Waals surface area contributed by atoms with E-state index >= 15 is 0 Å². The van der Waals surface area contributed by atoms with Gasteiger partial charge in [-0.15, -0.1) is 0 Å². The van der Waals surface area contributed by atoms with Gasteiger partial charge in [-0.1, -0.05) is 162 Å². The van der Waals surface area contributed by atoms with E-state index in [2.05, 4.69) is 211 Å². The molecular weight excluding hydrogens is 777 g/mol. The summed E-state index contributed by atoms with van der Waals surface area (Å²) in [5.74, 6) is 0. The highest BCUT2D eigenvalue weighted by molar-refractivity contribution is 6.99. The van der Waals surface area contributed by atoms with E-state index in [1.807, 2.05) is 12.1 Å². The quantitative estimate of drug-likeness (QED) is 0.162. The predicted molar refractivity (Wildman–Crippen MR) is 268 cm³/mol. The van der Waals surface area contributed by atoms with Gasteiger partial charge in [0.25, 0.3) is 0 Å². The van der Waals surface area contributed by atoms with Crippen molar-refractivity contribution in [2.24, 2.45) is 0 Å². The van der Waals surface area contributed by atoms with E-state index in [1.165, 1.54) is 49.3 Å². The van der Waals surface area contributed by atoms with Crippen molar-refractivity contribution in [2.75, 3.05) is 0 Å². The van der Waals surface area contributed by atoms with Gasteiger partial charge in [0, 0.05) is 38.0 Å². The van der Waals surface area contributed by atoms with Crippen LogP contribution in [0.3, 0.4) is 0 Å². The Morgan fingerprint density at radius 2 is 0.703 bits per heavy atom. The predicted octanol–water partition coefficient (Wildman–Crippen LogP) is 14.1. The fraction of sp³-hybridized carbons (Fsp3) is 0. The molecule has 10 aromatic carbocycles. The molecule has 3 aromatic heterocycles. The first-order valence-electron chi connectivity index (χ1n) is 22.0. The van der Waals surface area contributed by atoms with Crippen molar-refractivity contribution in [2.45, 2.75) is 0 Å². The van der Waals surface area contributed by atoms with Gasteiger partial charge in [0.2, 0.25) is 6.71 Å². The van der Waals surface area contributed by atoms with E-state index in [9.17, 15) is 0 Å². The van der Waals surface area contributed by atoms with Gasteiger partial charge < -0.3 is 13.4 Å². The fourth-order valence-corrected chi connectivity index (χ4v) is 10.8. The SMILES string of the molecule is c1ccc2c(c1)B(c1cc(-c3cc(-c4ccc5oc6ccccc6c5c4)cc(-n4c5ccccc5c5ccccc54)c3)cc(-c3ccc4oc5ccccc5c4c3)c1)c1ccccc1-2. The molecule has 14 rings (SSSR count). The number of hydrogen-bond donors (Lipinski definition) is 0. The maximum atomic E-state index is 6.32.